The number of benzene rings is 1. The Morgan fingerprint density at radius 2 is 1.90 bits per heavy atom. The van der Waals surface area contributed by atoms with Crippen LogP contribution in [-0.4, -0.2) is 61.4 Å². The number of carbonyl (C=O) groups is 1. The minimum atomic E-state index is 0.187. The maximum absolute atomic E-state index is 12.7. The number of hydrogen-bond acceptors (Lipinski definition) is 4. The zero-order chi connectivity index (χ0) is 20.4. The molecule has 8 heteroatoms. The van der Waals surface area contributed by atoms with Crippen LogP contribution < -0.4 is 0 Å². The third-order valence-electron chi connectivity index (χ3n) is 5.63. The first-order valence-corrected chi connectivity index (χ1v) is 10.6. The van der Waals surface area contributed by atoms with Crippen LogP contribution in [0.5, 0.6) is 0 Å². The lowest BCUT2D eigenvalue weighted by molar-refractivity contribution is -0.133. The van der Waals surface area contributed by atoms with Gasteiger partial charge in [0.1, 0.15) is 11.0 Å². The summed E-state index contributed by atoms with van der Waals surface area (Å²) in [6.45, 7) is 9.52. The van der Waals surface area contributed by atoms with Crippen molar-refractivity contribution in [3.8, 4) is 0 Å². The summed E-state index contributed by atoms with van der Waals surface area (Å²) in [4.78, 5) is 17.0. The lowest BCUT2D eigenvalue weighted by atomic mass is 10.2. The molecule has 1 saturated heterocycles. The van der Waals surface area contributed by atoms with Crippen LogP contribution in [0, 0.1) is 6.92 Å². The molecule has 0 unspecified atom stereocenters. The highest BCUT2D eigenvalue weighted by atomic mass is 35.5. The Bertz CT molecular complexity index is 1000. The number of piperazine rings is 1. The minimum absolute atomic E-state index is 0.187. The van der Waals surface area contributed by atoms with Crippen LogP contribution >= 0.6 is 11.6 Å². The normalized spacial score (nSPS) is 15.3. The van der Waals surface area contributed by atoms with Gasteiger partial charge in [-0.3, -0.25) is 19.1 Å². The Labute approximate surface area is 175 Å². The highest BCUT2D eigenvalue weighted by Crippen LogP contribution is 2.19. The number of aromatic nitrogens is 4. The monoisotopic (exact) mass is 414 g/mol. The first-order valence-electron chi connectivity index (χ1n) is 10.2. The van der Waals surface area contributed by atoms with Crippen molar-refractivity contribution < 1.29 is 4.79 Å². The Balaban J connectivity index is 1.30. The molecule has 29 heavy (non-hydrogen) atoms. The molecule has 1 aliphatic heterocycles. The van der Waals surface area contributed by atoms with Crippen LogP contribution in [-0.2, 0) is 24.4 Å². The van der Waals surface area contributed by atoms with E-state index in [-0.39, 0.29) is 5.91 Å². The average molecular weight is 415 g/mol. The maximum Gasteiger partial charge on any atom is 0.224 e. The summed E-state index contributed by atoms with van der Waals surface area (Å²) in [6.07, 6.45) is 2.30. The van der Waals surface area contributed by atoms with Crippen LogP contribution in [0.1, 0.15) is 24.6 Å². The molecule has 3 heterocycles. The fourth-order valence-electron chi connectivity index (χ4n) is 4.01. The molecular weight excluding hydrogens is 388 g/mol. The smallest absolute Gasteiger partial charge is 0.224 e. The van der Waals surface area contributed by atoms with E-state index in [1.54, 1.807) is 0 Å². The molecule has 0 bridgehead atoms. The van der Waals surface area contributed by atoms with Crippen LogP contribution in [0.3, 0.4) is 0 Å². The van der Waals surface area contributed by atoms with E-state index in [0.717, 1.165) is 66.6 Å². The molecule has 0 N–H and O–H groups in total. The quantitative estimate of drug-likeness (QED) is 0.622. The van der Waals surface area contributed by atoms with Gasteiger partial charge in [0, 0.05) is 50.7 Å². The van der Waals surface area contributed by atoms with E-state index in [1.165, 1.54) is 0 Å². The zero-order valence-electron chi connectivity index (χ0n) is 17.0. The molecule has 1 aromatic carbocycles. The molecular formula is C21H27ClN6O. The molecule has 1 aliphatic rings. The topological polar surface area (TPSA) is 59.2 Å². The summed E-state index contributed by atoms with van der Waals surface area (Å²) in [7, 11) is 0. The molecule has 0 saturated carbocycles. The Kier molecular flexibility index (Phi) is 5.87. The minimum Gasteiger partial charge on any atom is -0.340 e. The summed E-state index contributed by atoms with van der Waals surface area (Å²) in [5, 5.41) is 9.82. The summed E-state index contributed by atoms with van der Waals surface area (Å²) in [5.74, 6) is 0.187. The van der Waals surface area contributed by atoms with Crippen LogP contribution in [0.15, 0.2) is 30.5 Å². The molecule has 0 aliphatic carbocycles. The van der Waals surface area contributed by atoms with E-state index in [1.807, 2.05) is 45.6 Å². The lowest BCUT2D eigenvalue weighted by Crippen LogP contribution is -2.48. The number of fused-ring (bicyclic) bond motifs is 1. The zero-order valence-corrected chi connectivity index (χ0v) is 17.8. The van der Waals surface area contributed by atoms with Crippen molar-refractivity contribution in [2.24, 2.45) is 0 Å². The van der Waals surface area contributed by atoms with Gasteiger partial charge < -0.3 is 4.90 Å². The summed E-state index contributed by atoms with van der Waals surface area (Å²) >= 11 is 6.27. The van der Waals surface area contributed by atoms with E-state index in [0.29, 0.717) is 13.0 Å². The Morgan fingerprint density at radius 3 is 2.62 bits per heavy atom. The van der Waals surface area contributed by atoms with Crippen molar-refractivity contribution in [1.29, 1.82) is 0 Å². The van der Waals surface area contributed by atoms with E-state index in [9.17, 15) is 4.79 Å². The Hall–Kier alpha value is -2.38. The lowest BCUT2D eigenvalue weighted by Gasteiger charge is -2.35. The predicted octanol–water partition coefficient (Wildman–Crippen LogP) is 2.95. The van der Waals surface area contributed by atoms with Gasteiger partial charge in [0.05, 0.1) is 18.4 Å². The number of amides is 1. The number of halogens is 1. The molecule has 4 rings (SSSR count). The van der Waals surface area contributed by atoms with Crippen molar-refractivity contribution in [1.82, 2.24) is 29.4 Å². The van der Waals surface area contributed by atoms with Crippen molar-refractivity contribution in [3.63, 3.8) is 0 Å². The summed E-state index contributed by atoms with van der Waals surface area (Å²) in [5.41, 5.74) is 4.16. The van der Waals surface area contributed by atoms with E-state index in [4.69, 9.17) is 11.6 Å². The second-order valence-corrected chi connectivity index (χ2v) is 7.91. The summed E-state index contributed by atoms with van der Waals surface area (Å²) in [6, 6.07) is 7.95. The fraction of sp³-hybridized carbons (Fsp3) is 0.476. The molecule has 154 valence electrons. The van der Waals surface area contributed by atoms with E-state index < -0.39 is 0 Å². The molecule has 0 spiro atoms. The van der Waals surface area contributed by atoms with Crippen molar-refractivity contribution in [2.75, 3.05) is 26.2 Å². The van der Waals surface area contributed by atoms with Crippen molar-refractivity contribution in [3.05, 3.63) is 46.7 Å². The highest BCUT2D eigenvalue weighted by Gasteiger charge is 2.22. The second-order valence-electron chi connectivity index (χ2n) is 7.50. The maximum atomic E-state index is 12.7. The van der Waals surface area contributed by atoms with Gasteiger partial charge in [0.15, 0.2) is 0 Å². The fourth-order valence-corrected chi connectivity index (χ4v) is 4.21. The van der Waals surface area contributed by atoms with Crippen LogP contribution in [0.2, 0.25) is 5.02 Å². The van der Waals surface area contributed by atoms with Crippen LogP contribution in [0.25, 0.3) is 11.0 Å². The molecule has 3 aromatic rings. The van der Waals surface area contributed by atoms with Crippen molar-refractivity contribution >= 4 is 28.5 Å². The number of nitrogens with zero attached hydrogens (tertiary/aromatic N) is 6. The van der Waals surface area contributed by atoms with Gasteiger partial charge in [-0.05, 0) is 25.5 Å². The van der Waals surface area contributed by atoms with Gasteiger partial charge in [-0.25, -0.2) is 0 Å². The van der Waals surface area contributed by atoms with E-state index in [2.05, 4.69) is 28.1 Å². The first kappa shape index (κ1) is 19.9. The highest BCUT2D eigenvalue weighted by molar-refractivity contribution is 6.31. The second kappa shape index (κ2) is 8.55. The molecule has 1 amide bonds. The Morgan fingerprint density at radius 1 is 1.14 bits per heavy atom. The SMILES string of the molecule is CCn1nc(C)c2c1cnn2CCC(=O)N1CCN(Cc2ccccc2Cl)CC1. The molecule has 2 aromatic heterocycles. The third-order valence-corrected chi connectivity index (χ3v) is 5.99. The number of carbonyl (C=O) groups excluding carboxylic acids is 1. The van der Waals surface area contributed by atoms with Gasteiger partial charge in [-0.1, -0.05) is 29.8 Å². The molecule has 7 nitrogen and oxygen atoms in total. The molecule has 0 atom stereocenters. The third kappa shape index (κ3) is 4.16. The molecule has 1 fully saturated rings. The van der Waals surface area contributed by atoms with E-state index >= 15 is 0 Å². The van der Waals surface area contributed by atoms with Crippen LogP contribution in [0.4, 0.5) is 0 Å². The van der Waals surface area contributed by atoms with Gasteiger partial charge in [-0.2, -0.15) is 10.2 Å². The number of aryl methyl sites for hydroxylation is 3. The standard InChI is InChI=1S/C21H27ClN6O/c1-3-27-19-14-23-28(21(19)16(2)24-27)9-8-20(29)26-12-10-25(11-13-26)15-17-6-4-5-7-18(17)22/h4-7,14H,3,8-13,15H2,1-2H3. The van der Waals surface area contributed by atoms with Gasteiger partial charge in [0.25, 0.3) is 0 Å². The first-order chi connectivity index (χ1) is 14.1. The number of rotatable bonds is 6. The van der Waals surface area contributed by atoms with Gasteiger partial charge in [0.2, 0.25) is 5.91 Å². The van der Waals surface area contributed by atoms with Crippen molar-refractivity contribution in [2.45, 2.75) is 39.9 Å². The predicted molar refractivity (Wildman–Crippen MR) is 114 cm³/mol. The summed E-state index contributed by atoms with van der Waals surface area (Å²) < 4.78 is 3.86. The average Bonchev–Trinajstić information content (AvgIpc) is 3.29. The number of hydrogen-bond donors (Lipinski definition) is 0. The van der Waals surface area contributed by atoms with Gasteiger partial charge >= 0.3 is 0 Å². The molecule has 0 radical (unpaired) electrons. The largest absolute Gasteiger partial charge is 0.340 e. The van der Waals surface area contributed by atoms with Gasteiger partial charge in [-0.15, -0.1) is 0 Å².